The van der Waals surface area contributed by atoms with Crippen LogP contribution < -0.4 is 4.90 Å². The van der Waals surface area contributed by atoms with Crippen molar-refractivity contribution in [2.45, 2.75) is 26.7 Å². The molecule has 1 rings (SSSR count). The van der Waals surface area contributed by atoms with Crippen molar-refractivity contribution in [1.82, 2.24) is 0 Å². The van der Waals surface area contributed by atoms with Crippen LogP contribution in [0.4, 0.5) is 23.2 Å². The molecular formula is C12H15F4N. The summed E-state index contributed by atoms with van der Waals surface area (Å²) in [5.41, 5.74) is -0.217. The minimum atomic E-state index is -1.76. The van der Waals surface area contributed by atoms with Crippen molar-refractivity contribution in [3.63, 3.8) is 0 Å². The fourth-order valence-corrected chi connectivity index (χ4v) is 1.68. The number of nitrogens with zero attached hydrogens (tertiary/aromatic N) is 1. The van der Waals surface area contributed by atoms with Gasteiger partial charge in [0, 0.05) is 19.2 Å². The zero-order valence-electron chi connectivity index (χ0n) is 9.86. The fourth-order valence-electron chi connectivity index (χ4n) is 1.68. The lowest BCUT2D eigenvalue weighted by Gasteiger charge is -2.24. The highest BCUT2D eigenvalue weighted by molar-refractivity contribution is 5.48. The lowest BCUT2D eigenvalue weighted by molar-refractivity contribution is 0.408. The first kappa shape index (κ1) is 13.8. The molecule has 1 aromatic rings. The van der Waals surface area contributed by atoms with Gasteiger partial charge >= 0.3 is 0 Å². The Morgan fingerprint density at radius 3 is 1.88 bits per heavy atom. The molecule has 0 aromatic heterocycles. The fraction of sp³-hybridized carbons (Fsp3) is 0.500. The third kappa shape index (κ3) is 2.90. The zero-order valence-corrected chi connectivity index (χ0v) is 9.86. The summed E-state index contributed by atoms with van der Waals surface area (Å²) in [6, 6.07) is 0.707. The molecule has 0 unspecified atom stereocenters. The van der Waals surface area contributed by atoms with E-state index in [1.165, 1.54) is 4.90 Å². The summed E-state index contributed by atoms with van der Waals surface area (Å²) in [7, 11) is 0. The normalized spacial score (nSPS) is 10.7. The van der Waals surface area contributed by atoms with Gasteiger partial charge in [-0.1, -0.05) is 13.8 Å². The van der Waals surface area contributed by atoms with Crippen LogP contribution in [0.25, 0.3) is 0 Å². The molecule has 0 aliphatic carbocycles. The highest BCUT2D eigenvalue weighted by atomic mass is 19.2. The Labute approximate surface area is 98.0 Å². The summed E-state index contributed by atoms with van der Waals surface area (Å²) in [4.78, 5) is 1.51. The number of benzene rings is 1. The maximum atomic E-state index is 13.5. The Bertz CT molecular complexity index is 387. The average molecular weight is 249 g/mol. The lowest BCUT2D eigenvalue weighted by atomic mass is 10.2. The molecule has 0 saturated heterocycles. The molecule has 0 aliphatic heterocycles. The van der Waals surface area contributed by atoms with E-state index in [1.54, 1.807) is 0 Å². The molecule has 0 N–H and O–H groups in total. The second-order valence-electron chi connectivity index (χ2n) is 3.81. The molecule has 0 aliphatic rings. The van der Waals surface area contributed by atoms with Gasteiger partial charge in [0.1, 0.15) is 0 Å². The quantitative estimate of drug-likeness (QED) is 0.435. The molecule has 0 saturated carbocycles. The molecular weight excluding hydrogens is 234 g/mol. The third-order valence-electron chi connectivity index (χ3n) is 2.41. The van der Waals surface area contributed by atoms with Gasteiger partial charge in [-0.2, -0.15) is 0 Å². The number of anilines is 1. The topological polar surface area (TPSA) is 3.24 Å². The second kappa shape index (κ2) is 5.89. The first-order valence-corrected chi connectivity index (χ1v) is 5.60. The number of hydrogen-bond donors (Lipinski definition) is 0. The van der Waals surface area contributed by atoms with Crippen LogP contribution in [0.1, 0.15) is 26.7 Å². The molecule has 0 spiro atoms. The second-order valence-corrected chi connectivity index (χ2v) is 3.81. The maximum Gasteiger partial charge on any atom is 0.199 e. The smallest absolute Gasteiger partial charge is 0.199 e. The van der Waals surface area contributed by atoms with Gasteiger partial charge in [0.2, 0.25) is 0 Å². The van der Waals surface area contributed by atoms with Gasteiger partial charge in [-0.05, 0) is 12.8 Å². The van der Waals surface area contributed by atoms with Crippen molar-refractivity contribution in [2.75, 3.05) is 18.0 Å². The molecule has 0 heterocycles. The average Bonchev–Trinajstić information content (AvgIpc) is 2.31. The van der Waals surface area contributed by atoms with Gasteiger partial charge in [0.15, 0.2) is 23.3 Å². The molecule has 0 amide bonds. The largest absolute Gasteiger partial charge is 0.369 e. The summed E-state index contributed by atoms with van der Waals surface area (Å²) < 4.78 is 52.4. The first-order valence-electron chi connectivity index (χ1n) is 5.60. The predicted octanol–water partition coefficient (Wildman–Crippen LogP) is 3.87. The molecule has 0 bridgehead atoms. The molecule has 0 radical (unpaired) electrons. The highest BCUT2D eigenvalue weighted by Gasteiger charge is 2.21. The minimum absolute atomic E-state index is 0.217. The van der Waals surface area contributed by atoms with E-state index in [4.69, 9.17) is 0 Å². The van der Waals surface area contributed by atoms with Gasteiger partial charge in [-0.15, -0.1) is 0 Å². The Hall–Kier alpha value is -1.26. The van der Waals surface area contributed by atoms with E-state index in [2.05, 4.69) is 0 Å². The summed E-state index contributed by atoms with van der Waals surface area (Å²) in [5.74, 6) is -6.21. The van der Waals surface area contributed by atoms with Crippen molar-refractivity contribution in [3.05, 3.63) is 29.3 Å². The van der Waals surface area contributed by atoms with E-state index in [-0.39, 0.29) is 5.69 Å². The van der Waals surface area contributed by atoms with E-state index in [1.807, 2.05) is 13.8 Å². The van der Waals surface area contributed by atoms with E-state index in [0.29, 0.717) is 32.0 Å². The van der Waals surface area contributed by atoms with Crippen LogP contribution in [0.15, 0.2) is 6.07 Å². The first-order chi connectivity index (χ1) is 8.02. The predicted molar refractivity (Wildman–Crippen MR) is 59.1 cm³/mol. The highest BCUT2D eigenvalue weighted by Crippen LogP contribution is 2.26. The number of rotatable bonds is 5. The zero-order chi connectivity index (χ0) is 13.0. The van der Waals surface area contributed by atoms with Crippen molar-refractivity contribution in [2.24, 2.45) is 0 Å². The van der Waals surface area contributed by atoms with E-state index >= 15 is 0 Å². The monoisotopic (exact) mass is 249 g/mol. The molecule has 1 aromatic carbocycles. The molecule has 0 atom stereocenters. The Balaban J connectivity index is 3.18. The maximum absolute atomic E-state index is 13.5. The standard InChI is InChI=1S/C12H15F4N/c1-3-5-17(6-4-2)9-7-8(13)10(14)12(16)11(9)15/h7H,3-6H2,1-2H3. The van der Waals surface area contributed by atoms with Crippen molar-refractivity contribution >= 4 is 5.69 Å². The molecule has 5 heteroatoms. The van der Waals surface area contributed by atoms with E-state index < -0.39 is 23.3 Å². The van der Waals surface area contributed by atoms with Gasteiger partial charge in [0.25, 0.3) is 0 Å². The summed E-state index contributed by atoms with van der Waals surface area (Å²) >= 11 is 0. The van der Waals surface area contributed by atoms with Crippen LogP contribution in [-0.4, -0.2) is 13.1 Å². The number of hydrogen-bond acceptors (Lipinski definition) is 1. The van der Waals surface area contributed by atoms with Crippen LogP contribution in [-0.2, 0) is 0 Å². The molecule has 96 valence electrons. The third-order valence-corrected chi connectivity index (χ3v) is 2.41. The van der Waals surface area contributed by atoms with Crippen LogP contribution >= 0.6 is 0 Å². The minimum Gasteiger partial charge on any atom is -0.369 e. The summed E-state index contributed by atoms with van der Waals surface area (Å²) in [6.07, 6.45) is 1.42. The Morgan fingerprint density at radius 2 is 1.41 bits per heavy atom. The number of halogens is 4. The van der Waals surface area contributed by atoms with Crippen molar-refractivity contribution in [1.29, 1.82) is 0 Å². The lowest BCUT2D eigenvalue weighted by Crippen LogP contribution is -2.26. The molecule has 17 heavy (non-hydrogen) atoms. The van der Waals surface area contributed by atoms with E-state index in [0.717, 1.165) is 0 Å². The summed E-state index contributed by atoms with van der Waals surface area (Å²) in [5, 5.41) is 0. The Kier molecular flexibility index (Phi) is 4.78. The summed E-state index contributed by atoms with van der Waals surface area (Å²) in [6.45, 7) is 4.68. The van der Waals surface area contributed by atoms with Crippen LogP contribution in [0, 0.1) is 23.3 Å². The van der Waals surface area contributed by atoms with Crippen LogP contribution in [0.5, 0.6) is 0 Å². The SMILES string of the molecule is CCCN(CCC)c1cc(F)c(F)c(F)c1F. The van der Waals surface area contributed by atoms with E-state index in [9.17, 15) is 17.6 Å². The van der Waals surface area contributed by atoms with Gasteiger partial charge in [0.05, 0.1) is 5.69 Å². The molecule has 1 nitrogen and oxygen atoms in total. The van der Waals surface area contributed by atoms with Gasteiger partial charge in [-0.25, -0.2) is 17.6 Å². The molecule has 0 fully saturated rings. The Morgan fingerprint density at radius 1 is 0.882 bits per heavy atom. The van der Waals surface area contributed by atoms with Gasteiger partial charge < -0.3 is 4.90 Å². The van der Waals surface area contributed by atoms with Gasteiger partial charge in [-0.3, -0.25) is 0 Å². The van der Waals surface area contributed by atoms with Crippen LogP contribution in [0.2, 0.25) is 0 Å². The van der Waals surface area contributed by atoms with Crippen LogP contribution in [0.3, 0.4) is 0 Å². The van der Waals surface area contributed by atoms with Crippen molar-refractivity contribution < 1.29 is 17.6 Å². The van der Waals surface area contributed by atoms with Crippen molar-refractivity contribution in [3.8, 4) is 0 Å².